The van der Waals surface area contributed by atoms with Crippen LogP contribution in [-0.4, -0.2) is 64.8 Å². The van der Waals surface area contributed by atoms with E-state index in [2.05, 4.69) is 16.0 Å². The lowest BCUT2D eigenvalue weighted by Crippen LogP contribution is -2.58. The van der Waals surface area contributed by atoms with Gasteiger partial charge < -0.3 is 38.3 Å². The highest BCUT2D eigenvalue weighted by Gasteiger charge is 2.32. The second-order valence-corrected chi connectivity index (χ2v) is 9.00. The predicted octanol–water partition coefficient (Wildman–Crippen LogP) is -1.72. The lowest BCUT2D eigenvalue weighted by molar-refractivity contribution is -0.142. The molecule has 4 atom stereocenters. The Labute approximate surface area is 214 Å². The summed E-state index contributed by atoms with van der Waals surface area (Å²) in [5.74, 6) is -5.35. The molecule has 13 nitrogen and oxygen atoms in total. The zero-order chi connectivity index (χ0) is 28.1. The summed E-state index contributed by atoms with van der Waals surface area (Å²) in [4.78, 5) is 72.4. The molecule has 1 rings (SSSR count). The number of carboxylic acids is 1. The minimum Gasteiger partial charge on any atom is -0.480 e. The molecular weight excluding hydrogens is 484 g/mol. The van der Waals surface area contributed by atoms with Gasteiger partial charge >= 0.3 is 5.97 Å². The molecule has 0 spiro atoms. The first kappa shape index (κ1) is 31.0. The summed E-state index contributed by atoms with van der Waals surface area (Å²) in [6.45, 7) is 3.29. The molecule has 1 aromatic rings. The van der Waals surface area contributed by atoms with Crippen molar-refractivity contribution in [1.29, 1.82) is 0 Å². The van der Waals surface area contributed by atoms with Crippen molar-refractivity contribution in [2.75, 3.05) is 0 Å². The van der Waals surface area contributed by atoms with Crippen molar-refractivity contribution in [1.82, 2.24) is 16.0 Å². The number of carboxylic acid groups (broad SMARTS) is 1. The molecule has 0 heterocycles. The van der Waals surface area contributed by atoms with Gasteiger partial charge in [0.2, 0.25) is 29.5 Å². The van der Waals surface area contributed by atoms with Gasteiger partial charge in [0.05, 0.1) is 6.04 Å². The highest BCUT2D eigenvalue weighted by atomic mass is 16.4. The van der Waals surface area contributed by atoms with Gasteiger partial charge in [0.25, 0.3) is 0 Å². The van der Waals surface area contributed by atoms with Gasteiger partial charge in [0, 0.05) is 19.3 Å². The standard InChI is InChI=1S/C24H36N6O7/c1-13(2)20(23(35)29-17(24(36)37)12-14-6-4-3-5-7-14)30-22(34)16(9-11-19(27)32)28-21(33)15(25)8-10-18(26)31/h3-7,13,15-17,20H,8-12,25H2,1-2H3,(H2,26,31)(H2,27,32)(H,28,33)(H,29,35)(H,30,34)(H,36,37). The molecule has 0 saturated heterocycles. The Morgan fingerprint density at radius 1 is 0.784 bits per heavy atom. The van der Waals surface area contributed by atoms with E-state index in [1.165, 1.54) is 0 Å². The summed E-state index contributed by atoms with van der Waals surface area (Å²) in [5, 5.41) is 17.0. The molecule has 0 aliphatic heterocycles. The van der Waals surface area contributed by atoms with E-state index in [4.69, 9.17) is 17.2 Å². The number of rotatable bonds is 16. The number of carbonyl (C=O) groups excluding carboxylic acids is 5. The summed E-state index contributed by atoms with van der Waals surface area (Å²) < 4.78 is 0. The summed E-state index contributed by atoms with van der Waals surface area (Å²) in [5.41, 5.74) is 16.7. The Balaban J connectivity index is 2.97. The van der Waals surface area contributed by atoms with Gasteiger partial charge in [0.15, 0.2) is 0 Å². The first-order valence-electron chi connectivity index (χ1n) is 11.8. The third kappa shape index (κ3) is 11.5. The van der Waals surface area contributed by atoms with Crippen molar-refractivity contribution in [2.45, 2.75) is 70.1 Å². The molecule has 0 saturated carbocycles. The minimum atomic E-state index is -1.27. The topological polar surface area (TPSA) is 237 Å². The van der Waals surface area contributed by atoms with E-state index in [0.717, 1.165) is 0 Å². The van der Waals surface area contributed by atoms with Gasteiger partial charge in [-0.25, -0.2) is 4.79 Å². The van der Waals surface area contributed by atoms with Crippen LogP contribution in [0.3, 0.4) is 0 Å². The smallest absolute Gasteiger partial charge is 0.326 e. The fraction of sp³-hybridized carbons (Fsp3) is 0.500. The predicted molar refractivity (Wildman–Crippen MR) is 133 cm³/mol. The highest BCUT2D eigenvalue weighted by Crippen LogP contribution is 2.08. The number of nitrogens with two attached hydrogens (primary N) is 3. The van der Waals surface area contributed by atoms with E-state index in [0.29, 0.717) is 5.56 Å². The second kappa shape index (κ2) is 15.2. The zero-order valence-electron chi connectivity index (χ0n) is 20.9. The Morgan fingerprint density at radius 3 is 1.84 bits per heavy atom. The van der Waals surface area contributed by atoms with Crippen molar-refractivity contribution in [3.8, 4) is 0 Å². The molecule has 10 N–H and O–H groups in total. The normalized spacial score (nSPS) is 14.1. The van der Waals surface area contributed by atoms with E-state index in [1.54, 1.807) is 44.2 Å². The molecular formula is C24H36N6O7. The number of amides is 5. The van der Waals surface area contributed by atoms with E-state index in [1.807, 2.05) is 0 Å². The molecule has 4 unspecified atom stereocenters. The van der Waals surface area contributed by atoms with Gasteiger partial charge in [-0.05, 0) is 24.3 Å². The summed E-state index contributed by atoms with van der Waals surface area (Å²) in [6, 6.07) is 3.90. The maximum Gasteiger partial charge on any atom is 0.326 e. The molecule has 0 fully saturated rings. The van der Waals surface area contributed by atoms with E-state index in [-0.39, 0.29) is 32.1 Å². The number of nitrogens with one attached hydrogen (secondary N) is 3. The number of hydrogen-bond acceptors (Lipinski definition) is 7. The van der Waals surface area contributed by atoms with Crippen LogP contribution in [-0.2, 0) is 35.2 Å². The third-order valence-electron chi connectivity index (χ3n) is 5.50. The van der Waals surface area contributed by atoms with Crippen molar-refractivity contribution in [2.24, 2.45) is 23.1 Å². The molecule has 1 aromatic carbocycles. The van der Waals surface area contributed by atoms with Crippen molar-refractivity contribution in [3.63, 3.8) is 0 Å². The quantitative estimate of drug-likeness (QED) is 0.132. The largest absolute Gasteiger partial charge is 0.480 e. The summed E-state index contributed by atoms with van der Waals surface area (Å²) >= 11 is 0. The van der Waals surface area contributed by atoms with Crippen molar-refractivity contribution in [3.05, 3.63) is 35.9 Å². The maximum atomic E-state index is 13.0. The third-order valence-corrected chi connectivity index (χ3v) is 5.50. The molecule has 5 amide bonds. The molecule has 0 aliphatic rings. The monoisotopic (exact) mass is 520 g/mol. The zero-order valence-corrected chi connectivity index (χ0v) is 20.9. The van der Waals surface area contributed by atoms with Crippen LogP contribution in [0, 0.1) is 5.92 Å². The van der Waals surface area contributed by atoms with E-state index in [9.17, 15) is 33.9 Å². The molecule has 37 heavy (non-hydrogen) atoms. The first-order chi connectivity index (χ1) is 17.3. The highest BCUT2D eigenvalue weighted by molar-refractivity contribution is 5.94. The molecule has 0 radical (unpaired) electrons. The number of benzene rings is 1. The fourth-order valence-corrected chi connectivity index (χ4v) is 3.36. The van der Waals surface area contributed by atoms with E-state index < -0.39 is 65.6 Å². The average molecular weight is 521 g/mol. The molecule has 0 bridgehead atoms. The van der Waals surface area contributed by atoms with Gasteiger partial charge in [-0.1, -0.05) is 44.2 Å². The van der Waals surface area contributed by atoms with Crippen LogP contribution in [0.5, 0.6) is 0 Å². The van der Waals surface area contributed by atoms with Crippen LogP contribution < -0.4 is 33.2 Å². The Morgan fingerprint density at radius 2 is 1.32 bits per heavy atom. The van der Waals surface area contributed by atoms with Gasteiger partial charge in [0.1, 0.15) is 18.1 Å². The summed E-state index contributed by atoms with van der Waals surface area (Å²) in [6.07, 6.45) is -0.587. The Hall–Kier alpha value is -4.00. The van der Waals surface area contributed by atoms with Crippen molar-refractivity contribution >= 4 is 35.5 Å². The van der Waals surface area contributed by atoms with Crippen LogP contribution in [0.4, 0.5) is 0 Å². The SMILES string of the molecule is CC(C)C(NC(=O)C(CCC(N)=O)NC(=O)C(N)CCC(N)=O)C(=O)NC(Cc1ccccc1)C(=O)O. The van der Waals surface area contributed by atoms with Gasteiger partial charge in [-0.3, -0.25) is 24.0 Å². The lowest BCUT2D eigenvalue weighted by Gasteiger charge is -2.27. The molecule has 204 valence electrons. The Kier molecular flexibility index (Phi) is 12.7. The molecule has 13 heteroatoms. The molecule has 0 aromatic heterocycles. The summed E-state index contributed by atoms with van der Waals surface area (Å²) in [7, 11) is 0. The van der Waals surface area contributed by atoms with Crippen LogP contribution in [0.25, 0.3) is 0 Å². The number of hydrogen-bond donors (Lipinski definition) is 7. The fourth-order valence-electron chi connectivity index (χ4n) is 3.36. The first-order valence-corrected chi connectivity index (χ1v) is 11.8. The Bertz CT molecular complexity index is 970. The van der Waals surface area contributed by atoms with Crippen LogP contribution >= 0.6 is 0 Å². The number of carbonyl (C=O) groups is 6. The van der Waals surface area contributed by atoms with Gasteiger partial charge in [-0.2, -0.15) is 0 Å². The van der Waals surface area contributed by atoms with Crippen LogP contribution in [0.2, 0.25) is 0 Å². The van der Waals surface area contributed by atoms with E-state index >= 15 is 0 Å². The molecule has 0 aliphatic carbocycles. The number of primary amides is 2. The van der Waals surface area contributed by atoms with Crippen LogP contribution in [0.1, 0.15) is 45.1 Å². The maximum absolute atomic E-state index is 13.0. The van der Waals surface area contributed by atoms with Gasteiger partial charge in [-0.15, -0.1) is 0 Å². The number of aliphatic carboxylic acids is 1. The van der Waals surface area contributed by atoms with Crippen LogP contribution in [0.15, 0.2) is 30.3 Å². The second-order valence-electron chi connectivity index (χ2n) is 9.00. The lowest BCUT2D eigenvalue weighted by atomic mass is 10.00. The average Bonchev–Trinajstić information content (AvgIpc) is 2.82. The van der Waals surface area contributed by atoms with Crippen molar-refractivity contribution < 1.29 is 33.9 Å². The minimum absolute atomic E-state index is 0.0289.